The summed E-state index contributed by atoms with van der Waals surface area (Å²) in [5.41, 5.74) is 8.65. The molecule has 1 aliphatic carbocycles. The summed E-state index contributed by atoms with van der Waals surface area (Å²) in [7, 11) is -3.64. The highest BCUT2D eigenvalue weighted by atomic mass is 32.2. The molecule has 0 amide bonds. The number of sulfonamides is 1. The maximum Gasteiger partial charge on any atom is 0.244 e. The molecular formula is C15H24N2O3S. The molecule has 0 aliphatic heterocycles. The number of nitrogen functional groups attached to an aromatic ring is 1. The lowest BCUT2D eigenvalue weighted by Crippen LogP contribution is -2.46. The lowest BCUT2D eigenvalue weighted by Gasteiger charge is -2.37. The highest BCUT2D eigenvalue weighted by Gasteiger charge is 2.36. The number of hydrogen-bond donors (Lipinski definition) is 2. The number of aliphatic hydroxyl groups excluding tert-OH is 1. The van der Waals surface area contributed by atoms with Crippen LogP contribution in [0, 0.1) is 20.8 Å². The predicted octanol–water partition coefficient (Wildman–Crippen LogP) is 1.73. The van der Waals surface area contributed by atoms with Gasteiger partial charge in [0.1, 0.15) is 0 Å². The quantitative estimate of drug-likeness (QED) is 0.811. The van der Waals surface area contributed by atoms with E-state index in [1.165, 1.54) is 4.31 Å². The van der Waals surface area contributed by atoms with Crippen LogP contribution in [0.15, 0.2) is 11.0 Å². The van der Waals surface area contributed by atoms with Crippen LogP contribution >= 0.6 is 0 Å². The van der Waals surface area contributed by atoms with E-state index < -0.39 is 10.0 Å². The molecule has 5 nitrogen and oxygen atoms in total. The maximum atomic E-state index is 13.1. The van der Waals surface area contributed by atoms with Crippen LogP contribution < -0.4 is 5.73 Å². The third kappa shape index (κ3) is 2.80. The first kappa shape index (κ1) is 16.3. The molecule has 2 rings (SSSR count). The van der Waals surface area contributed by atoms with Crippen LogP contribution in [-0.4, -0.2) is 37.0 Å². The van der Waals surface area contributed by atoms with E-state index in [9.17, 15) is 13.5 Å². The first-order valence-corrected chi connectivity index (χ1v) is 8.73. The summed E-state index contributed by atoms with van der Waals surface area (Å²) < 4.78 is 27.6. The summed E-state index contributed by atoms with van der Waals surface area (Å²) in [6.07, 6.45) is 2.76. The summed E-state index contributed by atoms with van der Waals surface area (Å²) in [5.74, 6) is 0. The third-order valence-electron chi connectivity index (χ3n) is 4.45. The van der Waals surface area contributed by atoms with Gasteiger partial charge in [0.25, 0.3) is 0 Å². The van der Waals surface area contributed by atoms with Crippen molar-refractivity contribution in [2.24, 2.45) is 0 Å². The van der Waals surface area contributed by atoms with Gasteiger partial charge in [-0.1, -0.05) is 6.42 Å². The average molecular weight is 312 g/mol. The van der Waals surface area contributed by atoms with Crippen LogP contribution in [0.25, 0.3) is 0 Å². The minimum atomic E-state index is -3.64. The first-order valence-electron chi connectivity index (χ1n) is 7.29. The lowest BCUT2D eigenvalue weighted by atomic mass is 9.93. The zero-order valence-electron chi connectivity index (χ0n) is 12.9. The van der Waals surface area contributed by atoms with Gasteiger partial charge in [-0.2, -0.15) is 4.31 Å². The Morgan fingerprint density at radius 2 is 1.90 bits per heavy atom. The number of hydrogen-bond acceptors (Lipinski definition) is 4. The molecule has 1 fully saturated rings. The van der Waals surface area contributed by atoms with Crippen molar-refractivity contribution in [3.63, 3.8) is 0 Å². The van der Waals surface area contributed by atoms with Crippen molar-refractivity contribution in [1.29, 1.82) is 0 Å². The molecular weight excluding hydrogens is 288 g/mol. The van der Waals surface area contributed by atoms with E-state index in [2.05, 4.69) is 0 Å². The topological polar surface area (TPSA) is 83.6 Å². The monoisotopic (exact) mass is 312 g/mol. The van der Waals surface area contributed by atoms with Gasteiger partial charge in [0, 0.05) is 18.3 Å². The summed E-state index contributed by atoms with van der Waals surface area (Å²) in [6, 6.07) is 1.81. The zero-order chi connectivity index (χ0) is 15.8. The van der Waals surface area contributed by atoms with Crippen LogP contribution in [0.4, 0.5) is 5.69 Å². The summed E-state index contributed by atoms with van der Waals surface area (Å²) in [6.45, 7) is 5.39. The Morgan fingerprint density at radius 1 is 1.29 bits per heavy atom. The molecule has 1 saturated carbocycles. The van der Waals surface area contributed by atoms with Crippen LogP contribution in [0.5, 0.6) is 0 Å². The molecule has 6 heteroatoms. The van der Waals surface area contributed by atoms with Crippen molar-refractivity contribution in [1.82, 2.24) is 4.31 Å². The number of nitrogens with two attached hydrogens (primary N) is 1. The highest BCUT2D eigenvalue weighted by Crippen LogP contribution is 2.34. The number of rotatable bonds is 5. The van der Waals surface area contributed by atoms with Gasteiger partial charge in [-0.05, 0) is 56.4 Å². The minimum absolute atomic E-state index is 0.00249. The van der Waals surface area contributed by atoms with Crippen molar-refractivity contribution in [2.75, 3.05) is 18.9 Å². The zero-order valence-corrected chi connectivity index (χ0v) is 13.7. The number of aryl methyl sites for hydroxylation is 1. The summed E-state index contributed by atoms with van der Waals surface area (Å²) >= 11 is 0. The summed E-state index contributed by atoms with van der Waals surface area (Å²) in [4.78, 5) is 0.306. The average Bonchev–Trinajstić information content (AvgIpc) is 2.34. The minimum Gasteiger partial charge on any atom is -0.398 e. The molecule has 0 heterocycles. The van der Waals surface area contributed by atoms with Crippen LogP contribution in [-0.2, 0) is 10.0 Å². The second-order valence-corrected chi connectivity index (χ2v) is 7.61. The van der Waals surface area contributed by atoms with Gasteiger partial charge in [-0.25, -0.2) is 8.42 Å². The molecule has 1 aromatic carbocycles. The Kier molecular flexibility index (Phi) is 4.60. The molecule has 0 atom stereocenters. The number of benzene rings is 1. The van der Waals surface area contributed by atoms with Gasteiger partial charge < -0.3 is 10.8 Å². The van der Waals surface area contributed by atoms with E-state index >= 15 is 0 Å². The van der Waals surface area contributed by atoms with Gasteiger partial charge in [0.15, 0.2) is 0 Å². The first-order chi connectivity index (χ1) is 9.80. The second-order valence-electron chi connectivity index (χ2n) is 5.79. The fraction of sp³-hybridized carbons (Fsp3) is 0.600. The Labute approximate surface area is 126 Å². The smallest absolute Gasteiger partial charge is 0.244 e. The highest BCUT2D eigenvalue weighted by molar-refractivity contribution is 7.89. The molecule has 1 aliphatic rings. The second kappa shape index (κ2) is 5.94. The molecule has 1 aromatic rings. The van der Waals surface area contributed by atoms with Crippen LogP contribution in [0.3, 0.4) is 0 Å². The fourth-order valence-corrected chi connectivity index (χ4v) is 5.03. The van der Waals surface area contributed by atoms with Gasteiger partial charge >= 0.3 is 0 Å². The molecule has 0 radical (unpaired) electrons. The Bertz CT molecular complexity index is 611. The van der Waals surface area contributed by atoms with Gasteiger partial charge in [0.05, 0.1) is 11.5 Å². The molecule has 0 unspecified atom stereocenters. The molecule has 0 spiro atoms. The summed E-state index contributed by atoms with van der Waals surface area (Å²) in [5, 5.41) is 9.23. The van der Waals surface area contributed by atoms with E-state index in [1.54, 1.807) is 6.92 Å². The SMILES string of the molecule is Cc1cc(N)c(C)c(S(=O)(=O)N(CCO)C2CCC2)c1C. The standard InChI is InChI=1S/C15H24N2O3S/c1-10-9-14(16)12(3)15(11(10)2)21(19,20)17(7-8-18)13-5-4-6-13/h9,13,18H,4-8,16H2,1-3H3. The van der Waals surface area contributed by atoms with E-state index in [4.69, 9.17) is 5.73 Å². The van der Waals surface area contributed by atoms with Crippen LogP contribution in [0.1, 0.15) is 36.0 Å². The number of nitrogens with zero attached hydrogens (tertiary/aromatic N) is 1. The van der Waals surface area contributed by atoms with Gasteiger partial charge in [-0.15, -0.1) is 0 Å². The van der Waals surface area contributed by atoms with Crippen LogP contribution in [0.2, 0.25) is 0 Å². The van der Waals surface area contributed by atoms with E-state index in [0.717, 1.165) is 30.4 Å². The fourth-order valence-electron chi connectivity index (χ4n) is 2.82. The molecule has 0 saturated heterocycles. The Morgan fingerprint density at radius 3 is 2.38 bits per heavy atom. The van der Waals surface area contributed by atoms with Gasteiger partial charge in [0.2, 0.25) is 10.0 Å². The Balaban J connectivity index is 2.57. The van der Waals surface area contributed by atoms with Crippen molar-refractivity contribution in [2.45, 2.75) is 51.0 Å². The van der Waals surface area contributed by atoms with E-state index in [0.29, 0.717) is 16.1 Å². The van der Waals surface area contributed by atoms with Crippen molar-refractivity contribution in [3.8, 4) is 0 Å². The maximum absolute atomic E-state index is 13.1. The number of aliphatic hydroxyl groups is 1. The normalized spacial score (nSPS) is 16.2. The van der Waals surface area contributed by atoms with Crippen molar-refractivity contribution in [3.05, 3.63) is 22.8 Å². The lowest BCUT2D eigenvalue weighted by molar-refractivity contribution is 0.178. The van der Waals surface area contributed by atoms with E-state index in [1.807, 2.05) is 19.9 Å². The van der Waals surface area contributed by atoms with Gasteiger partial charge in [-0.3, -0.25) is 0 Å². The van der Waals surface area contributed by atoms with Crippen molar-refractivity contribution < 1.29 is 13.5 Å². The molecule has 0 aromatic heterocycles. The Hall–Kier alpha value is -1.11. The molecule has 118 valence electrons. The predicted molar refractivity (Wildman–Crippen MR) is 83.7 cm³/mol. The largest absolute Gasteiger partial charge is 0.398 e. The molecule has 0 bridgehead atoms. The third-order valence-corrected chi connectivity index (χ3v) is 6.67. The van der Waals surface area contributed by atoms with Crippen molar-refractivity contribution >= 4 is 15.7 Å². The molecule has 3 N–H and O–H groups in total. The van der Waals surface area contributed by atoms with E-state index in [-0.39, 0.29) is 19.2 Å². The molecule has 21 heavy (non-hydrogen) atoms. The number of anilines is 1.